The fourth-order valence-corrected chi connectivity index (χ4v) is 2.12. The minimum absolute atomic E-state index is 0.0363. The highest BCUT2D eigenvalue weighted by Gasteiger charge is 2.13. The van der Waals surface area contributed by atoms with E-state index in [1.165, 1.54) is 0 Å². The number of anilines is 1. The summed E-state index contributed by atoms with van der Waals surface area (Å²) >= 11 is 5.76. The second-order valence-corrected chi connectivity index (χ2v) is 4.82. The van der Waals surface area contributed by atoms with E-state index in [-0.39, 0.29) is 17.3 Å². The van der Waals surface area contributed by atoms with Crippen LogP contribution in [0.4, 0.5) is 14.5 Å². The lowest BCUT2D eigenvalue weighted by molar-refractivity contribution is 0.191. The van der Waals surface area contributed by atoms with Crippen LogP contribution in [-0.2, 0) is 0 Å². The van der Waals surface area contributed by atoms with Gasteiger partial charge in [0.15, 0.2) is 5.82 Å². The Labute approximate surface area is 126 Å². The van der Waals surface area contributed by atoms with Crippen LogP contribution in [0.1, 0.15) is 11.7 Å². The van der Waals surface area contributed by atoms with Crippen molar-refractivity contribution >= 4 is 17.3 Å². The van der Waals surface area contributed by atoms with Gasteiger partial charge in [-0.2, -0.15) is 0 Å². The van der Waals surface area contributed by atoms with E-state index in [1.54, 1.807) is 31.4 Å². The van der Waals surface area contributed by atoms with Gasteiger partial charge in [-0.25, -0.2) is 8.78 Å². The zero-order chi connectivity index (χ0) is 15.4. The number of halogens is 3. The van der Waals surface area contributed by atoms with Crippen molar-refractivity contribution in [1.29, 1.82) is 0 Å². The maximum Gasteiger partial charge on any atom is 0.150 e. The number of hydrogen-bond acceptors (Lipinski definition) is 3. The van der Waals surface area contributed by atoms with Gasteiger partial charge in [-0.15, -0.1) is 0 Å². The zero-order valence-electron chi connectivity index (χ0n) is 11.2. The Morgan fingerprint density at radius 3 is 2.48 bits per heavy atom. The fraction of sp³-hybridized carbons (Fsp3) is 0.200. The lowest BCUT2D eigenvalue weighted by Gasteiger charge is -2.15. The SMILES string of the molecule is COc1ccc(C(O)CNc2c(F)cc(F)cc2Cl)cc1. The summed E-state index contributed by atoms with van der Waals surface area (Å²) in [6.45, 7) is 0.0363. The first kappa shape index (κ1) is 15.5. The van der Waals surface area contributed by atoms with Crippen LogP contribution in [0.3, 0.4) is 0 Å². The van der Waals surface area contributed by atoms with Gasteiger partial charge in [0, 0.05) is 12.6 Å². The molecular formula is C15H14ClF2NO2. The Bertz CT molecular complexity index is 597. The van der Waals surface area contributed by atoms with Crippen LogP contribution in [0.25, 0.3) is 0 Å². The molecule has 0 aliphatic rings. The third-order valence-electron chi connectivity index (χ3n) is 2.98. The Morgan fingerprint density at radius 1 is 1.24 bits per heavy atom. The molecule has 0 bridgehead atoms. The highest BCUT2D eigenvalue weighted by Crippen LogP contribution is 2.27. The minimum Gasteiger partial charge on any atom is -0.497 e. The molecule has 0 radical (unpaired) electrons. The molecular weight excluding hydrogens is 300 g/mol. The molecule has 0 amide bonds. The molecule has 2 N–H and O–H groups in total. The number of ether oxygens (including phenoxy) is 1. The predicted molar refractivity (Wildman–Crippen MR) is 77.8 cm³/mol. The van der Waals surface area contributed by atoms with E-state index < -0.39 is 17.7 Å². The van der Waals surface area contributed by atoms with E-state index in [9.17, 15) is 13.9 Å². The summed E-state index contributed by atoms with van der Waals surface area (Å²) in [6.07, 6.45) is -0.864. The molecule has 0 saturated carbocycles. The lowest BCUT2D eigenvalue weighted by atomic mass is 10.1. The molecule has 2 aromatic carbocycles. The standard InChI is InChI=1S/C15H14ClF2NO2/c1-21-11-4-2-9(3-5-11)14(20)8-19-15-12(16)6-10(17)7-13(15)18/h2-7,14,19-20H,8H2,1H3. The lowest BCUT2D eigenvalue weighted by Crippen LogP contribution is -2.13. The molecule has 2 rings (SSSR count). The summed E-state index contributed by atoms with van der Waals surface area (Å²) in [6, 6.07) is 8.57. The van der Waals surface area contributed by atoms with Crippen LogP contribution in [0.2, 0.25) is 5.02 Å². The Kier molecular flexibility index (Phi) is 4.98. The van der Waals surface area contributed by atoms with E-state index in [4.69, 9.17) is 16.3 Å². The number of benzene rings is 2. The van der Waals surface area contributed by atoms with E-state index >= 15 is 0 Å². The van der Waals surface area contributed by atoms with Crippen LogP contribution in [0.5, 0.6) is 5.75 Å². The van der Waals surface area contributed by atoms with Crippen LogP contribution >= 0.6 is 11.6 Å². The Hall–Kier alpha value is -1.85. The summed E-state index contributed by atoms with van der Waals surface area (Å²) in [5.41, 5.74) is 0.604. The Morgan fingerprint density at radius 2 is 1.90 bits per heavy atom. The van der Waals surface area contributed by atoms with E-state index in [0.717, 1.165) is 12.1 Å². The van der Waals surface area contributed by atoms with E-state index in [0.29, 0.717) is 11.3 Å². The van der Waals surface area contributed by atoms with Crippen LogP contribution < -0.4 is 10.1 Å². The maximum atomic E-state index is 13.6. The van der Waals surface area contributed by atoms with Gasteiger partial charge in [-0.3, -0.25) is 0 Å². The summed E-state index contributed by atoms with van der Waals surface area (Å²) in [5.74, 6) is -0.882. The second kappa shape index (κ2) is 6.74. The van der Waals surface area contributed by atoms with Gasteiger partial charge >= 0.3 is 0 Å². The maximum absolute atomic E-state index is 13.6. The summed E-state index contributed by atoms with van der Waals surface area (Å²) in [4.78, 5) is 0. The molecule has 0 fully saturated rings. The monoisotopic (exact) mass is 313 g/mol. The van der Waals surface area contributed by atoms with Gasteiger partial charge in [0.2, 0.25) is 0 Å². The number of rotatable bonds is 5. The van der Waals surface area contributed by atoms with Crippen molar-refractivity contribution in [3.8, 4) is 5.75 Å². The van der Waals surface area contributed by atoms with Crippen LogP contribution in [0.15, 0.2) is 36.4 Å². The van der Waals surface area contributed by atoms with Crippen LogP contribution in [0, 0.1) is 11.6 Å². The molecule has 0 aromatic heterocycles. The third kappa shape index (κ3) is 3.83. The summed E-state index contributed by atoms with van der Waals surface area (Å²) < 4.78 is 31.5. The zero-order valence-corrected chi connectivity index (χ0v) is 12.0. The first-order valence-electron chi connectivity index (χ1n) is 6.21. The van der Waals surface area contributed by atoms with E-state index in [1.807, 2.05) is 0 Å². The quantitative estimate of drug-likeness (QED) is 0.883. The van der Waals surface area contributed by atoms with E-state index in [2.05, 4.69) is 5.32 Å². The first-order valence-corrected chi connectivity index (χ1v) is 6.59. The number of hydrogen-bond donors (Lipinski definition) is 2. The fourth-order valence-electron chi connectivity index (χ4n) is 1.85. The molecule has 112 valence electrons. The molecule has 21 heavy (non-hydrogen) atoms. The average Bonchev–Trinajstić information content (AvgIpc) is 2.46. The number of methoxy groups -OCH3 is 1. The summed E-state index contributed by atoms with van der Waals surface area (Å²) in [5, 5.41) is 12.6. The minimum atomic E-state index is -0.864. The van der Waals surface area contributed by atoms with Crippen molar-refractivity contribution in [1.82, 2.24) is 0 Å². The molecule has 0 spiro atoms. The molecule has 6 heteroatoms. The normalized spacial score (nSPS) is 12.0. The van der Waals surface area contributed by atoms with Crippen molar-refractivity contribution in [2.75, 3.05) is 19.0 Å². The molecule has 0 heterocycles. The largest absolute Gasteiger partial charge is 0.497 e. The van der Waals surface area contributed by atoms with Gasteiger partial charge in [0.05, 0.1) is 23.9 Å². The topological polar surface area (TPSA) is 41.5 Å². The van der Waals surface area contributed by atoms with Crippen molar-refractivity contribution in [3.63, 3.8) is 0 Å². The molecule has 1 unspecified atom stereocenters. The van der Waals surface area contributed by atoms with Crippen molar-refractivity contribution in [2.45, 2.75) is 6.10 Å². The average molecular weight is 314 g/mol. The van der Waals surface area contributed by atoms with Gasteiger partial charge in [-0.05, 0) is 23.8 Å². The highest BCUT2D eigenvalue weighted by atomic mass is 35.5. The molecule has 1 atom stereocenters. The van der Waals surface area contributed by atoms with Gasteiger partial charge in [-0.1, -0.05) is 23.7 Å². The number of aliphatic hydroxyl groups is 1. The molecule has 2 aromatic rings. The van der Waals surface area contributed by atoms with Gasteiger partial charge in [0.25, 0.3) is 0 Å². The van der Waals surface area contributed by atoms with Crippen LogP contribution in [-0.4, -0.2) is 18.8 Å². The van der Waals surface area contributed by atoms with Gasteiger partial charge < -0.3 is 15.2 Å². The highest BCUT2D eigenvalue weighted by molar-refractivity contribution is 6.33. The Balaban J connectivity index is 2.05. The molecule has 0 saturated heterocycles. The smallest absolute Gasteiger partial charge is 0.150 e. The molecule has 3 nitrogen and oxygen atoms in total. The second-order valence-electron chi connectivity index (χ2n) is 4.41. The number of nitrogens with one attached hydrogen (secondary N) is 1. The first-order chi connectivity index (χ1) is 10.0. The van der Waals surface area contributed by atoms with Crippen molar-refractivity contribution in [2.24, 2.45) is 0 Å². The van der Waals surface area contributed by atoms with Crippen molar-refractivity contribution in [3.05, 3.63) is 58.6 Å². The predicted octanol–water partition coefficient (Wildman–Crippen LogP) is 3.77. The van der Waals surface area contributed by atoms with Crippen molar-refractivity contribution < 1.29 is 18.6 Å². The number of aliphatic hydroxyl groups excluding tert-OH is 1. The molecule has 0 aliphatic heterocycles. The van der Waals surface area contributed by atoms with Gasteiger partial charge in [0.1, 0.15) is 11.6 Å². The third-order valence-corrected chi connectivity index (χ3v) is 3.28. The molecule has 0 aliphatic carbocycles. The summed E-state index contributed by atoms with van der Waals surface area (Å²) in [7, 11) is 1.55.